The number of carbonyl (C=O) groups is 3. The van der Waals surface area contributed by atoms with Gasteiger partial charge in [0.05, 0.1) is 23.8 Å². The summed E-state index contributed by atoms with van der Waals surface area (Å²) < 4.78 is 0. The van der Waals surface area contributed by atoms with Crippen molar-refractivity contribution in [2.45, 2.75) is 45.3 Å². The highest BCUT2D eigenvalue weighted by Crippen LogP contribution is 2.33. The fraction of sp³-hybridized carbons (Fsp3) is 0.276. The van der Waals surface area contributed by atoms with Gasteiger partial charge >= 0.3 is 0 Å². The molecule has 2 atom stereocenters. The van der Waals surface area contributed by atoms with Gasteiger partial charge in [-0.2, -0.15) is 0 Å². The molecule has 3 aromatic carbocycles. The normalized spacial score (nSPS) is 18.1. The molecule has 5 rings (SSSR count). The standard InChI is InChI=1S/C29H29N3O3/c1-19-13-15-21(16-14-19)20(2)30-27(33)23-9-4-3-8-22(23)18-32-25-11-6-5-10-24(25)28(34)31-17-7-12-26(31)29(32)35/h3-6,8-11,13-16,20,26H,7,12,17-18H2,1-2H3,(H,30,33). The maximum absolute atomic E-state index is 13.6. The monoisotopic (exact) mass is 467 g/mol. The minimum atomic E-state index is -0.461. The van der Waals surface area contributed by atoms with E-state index in [1.807, 2.05) is 74.5 Å². The molecule has 2 unspecified atom stereocenters. The lowest BCUT2D eigenvalue weighted by Crippen LogP contribution is -2.44. The second kappa shape index (κ2) is 9.37. The SMILES string of the molecule is Cc1ccc(C(C)NC(=O)c2ccccc2CN2C(=O)C3CCCN3C(=O)c3ccccc32)cc1. The molecule has 2 heterocycles. The predicted octanol–water partition coefficient (Wildman–Crippen LogP) is 4.64. The van der Waals surface area contributed by atoms with Crippen LogP contribution in [0.5, 0.6) is 0 Å². The van der Waals surface area contributed by atoms with E-state index in [2.05, 4.69) is 5.32 Å². The highest BCUT2D eigenvalue weighted by atomic mass is 16.2. The summed E-state index contributed by atoms with van der Waals surface area (Å²) in [4.78, 5) is 43.5. The van der Waals surface area contributed by atoms with E-state index in [-0.39, 0.29) is 30.3 Å². The molecular formula is C29H29N3O3. The average molecular weight is 468 g/mol. The maximum atomic E-state index is 13.6. The second-order valence-electron chi connectivity index (χ2n) is 9.36. The number of anilines is 1. The lowest BCUT2D eigenvalue weighted by atomic mass is 10.0. The number of aryl methyl sites for hydroxylation is 1. The summed E-state index contributed by atoms with van der Waals surface area (Å²) in [6, 6.07) is 22.1. The van der Waals surface area contributed by atoms with Gasteiger partial charge in [-0.1, -0.05) is 60.2 Å². The molecule has 0 bridgehead atoms. The summed E-state index contributed by atoms with van der Waals surface area (Å²) in [5, 5.41) is 3.09. The Bertz CT molecular complexity index is 1280. The van der Waals surface area contributed by atoms with Gasteiger partial charge in [0.15, 0.2) is 0 Å². The van der Waals surface area contributed by atoms with E-state index in [0.29, 0.717) is 29.8 Å². The Morgan fingerprint density at radius 1 is 1.00 bits per heavy atom. The minimum Gasteiger partial charge on any atom is -0.346 e. The van der Waals surface area contributed by atoms with Crippen LogP contribution in [-0.2, 0) is 11.3 Å². The molecule has 6 nitrogen and oxygen atoms in total. The van der Waals surface area contributed by atoms with Gasteiger partial charge in [-0.05, 0) is 56.0 Å². The minimum absolute atomic E-state index is 0.0935. The molecule has 0 radical (unpaired) electrons. The van der Waals surface area contributed by atoms with E-state index in [1.54, 1.807) is 21.9 Å². The molecule has 2 aliphatic heterocycles. The van der Waals surface area contributed by atoms with Crippen LogP contribution in [0.3, 0.4) is 0 Å². The third kappa shape index (κ3) is 4.32. The van der Waals surface area contributed by atoms with Gasteiger partial charge in [0.25, 0.3) is 11.8 Å². The number of nitrogens with zero attached hydrogens (tertiary/aromatic N) is 2. The molecule has 1 fully saturated rings. The Morgan fingerprint density at radius 2 is 1.71 bits per heavy atom. The van der Waals surface area contributed by atoms with Crippen molar-refractivity contribution < 1.29 is 14.4 Å². The number of fused-ring (bicyclic) bond motifs is 2. The molecular weight excluding hydrogens is 438 g/mol. The van der Waals surface area contributed by atoms with E-state index in [0.717, 1.165) is 17.5 Å². The zero-order chi connectivity index (χ0) is 24.5. The molecule has 3 aromatic rings. The summed E-state index contributed by atoms with van der Waals surface area (Å²) in [7, 11) is 0. The number of hydrogen-bond donors (Lipinski definition) is 1. The molecule has 1 saturated heterocycles. The van der Waals surface area contributed by atoms with Crippen molar-refractivity contribution in [3.63, 3.8) is 0 Å². The number of benzene rings is 3. The Balaban J connectivity index is 1.45. The molecule has 0 aliphatic carbocycles. The van der Waals surface area contributed by atoms with Gasteiger partial charge in [-0.25, -0.2) is 0 Å². The van der Waals surface area contributed by atoms with Crippen LogP contribution in [0.15, 0.2) is 72.8 Å². The number of amides is 3. The summed E-state index contributed by atoms with van der Waals surface area (Å²) in [6.07, 6.45) is 1.47. The Morgan fingerprint density at radius 3 is 2.51 bits per heavy atom. The first-order valence-corrected chi connectivity index (χ1v) is 12.1. The van der Waals surface area contributed by atoms with Gasteiger partial charge in [0.2, 0.25) is 5.91 Å². The molecule has 1 N–H and O–H groups in total. The lowest BCUT2D eigenvalue weighted by molar-refractivity contribution is -0.122. The predicted molar refractivity (Wildman–Crippen MR) is 135 cm³/mol. The van der Waals surface area contributed by atoms with Gasteiger partial charge < -0.3 is 15.1 Å². The first kappa shape index (κ1) is 22.8. The third-order valence-electron chi connectivity index (χ3n) is 7.01. The summed E-state index contributed by atoms with van der Waals surface area (Å²) in [5.41, 5.74) is 4.58. The van der Waals surface area contributed by atoms with Crippen LogP contribution >= 0.6 is 0 Å². The Kier molecular flexibility index (Phi) is 6.12. The van der Waals surface area contributed by atoms with E-state index < -0.39 is 6.04 Å². The fourth-order valence-corrected chi connectivity index (χ4v) is 5.04. The quantitative estimate of drug-likeness (QED) is 0.595. The Labute approximate surface area is 205 Å². The number of nitrogens with one attached hydrogen (secondary N) is 1. The van der Waals surface area contributed by atoms with Gasteiger partial charge in [0, 0.05) is 12.1 Å². The van der Waals surface area contributed by atoms with Crippen molar-refractivity contribution in [2.24, 2.45) is 0 Å². The molecule has 0 aromatic heterocycles. The largest absolute Gasteiger partial charge is 0.346 e. The second-order valence-corrected chi connectivity index (χ2v) is 9.36. The third-order valence-corrected chi connectivity index (χ3v) is 7.01. The van der Waals surface area contributed by atoms with Crippen LogP contribution in [0.4, 0.5) is 5.69 Å². The molecule has 2 aliphatic rings. The molecule has 0 saturated carbocycles. The first-order valence-electron chi connectivity index (χ1n) is 12.1. The van der Waals surface area contributed by atoms with Crippen LogP contribution in [0, 0.1) is 6.92 Å². The number of hydrogen-bond acceptors (Lipinski definition) is 3. The number of carbonyl (C=O) groups excluding carboxylic acids is 3. The summed E-state index contributed by atoms with van der Waals surface area (Å²) in [6.45, 7) is 4.80. The zero-order valence-corrected chi connectivity index (χ0v) is 20.0. The van der Waals surface area contributed by atoms with Gasteiger partial charge in [-0.15, -0.1) is 0 Å². The van der Waals surface area contributed by atoms with Crippen molar-refractivity contribution in [1.82, 2.24) is 10.2 Å². The van der Waals surface area contributed by atoms with Gasteiger partial charge in [0.1, 0.15) is 6.04 Å². The lowest BCUT2D eigenvalue weighted by Gasteiger charge is -2.27. The van der Waals surface area contributed by atoms with Crippen LogP contribution < -0.4 is 10.2 Å². The van der Waals surface area contributed by atoms with Crippen LogP contribution in [-0.4, -0.2) is 35.2 Å². The van der Waals surface area contributed by atoms with Crippen molar-refractivity contribution in [2.75, 3.05) is 11.4 Å². The Hall–Kier alpha value is -3.93. The van der Waals surface area contributed by atoms with Crippen molar-refractivity contribution in [1.29, 1.82) is 0 Å². The van der Waals surface area contributed by atoms with Crippen LogP contribution in [0.1, 0.15) is 63.2 Å². The molecule has 6 heteroatoms. The molecule has 35 heavy (non-hydrogen) atoms. The van der Waals surface area contributed by atoms with Crippen molar-refractivity contribution in [3.05, 3.63) is 101 Å². The van der Waals surface area contributed by atoms with Crippen LogP contribution in [0.2, 0.25) is 0 Å². The van der Waals surface area contributed by atoms with Crippen molar-refractivity contribution in [3.8, 4) is 0 Å². The van der Waals surface area contributed by atoms with E-state index in [4.69, 9.17) is 0 Å². The highest BCUT2D eigenvalue weighted by Gasteiger charge is 2.42. The number of rotatable bonds is 5. The summed E-state index contributed by atoms with van der Waals surface area (Å²) >= 11 is 0. The van der Waals surface area contributed by atoms with E-state index in [9.17, 15) is 14.4 Å². The average Bonchev–Trinajstić information content (AvgIpc) is 3.34. The topological polar surface area (TPSA) is 69.7 Å². The molecule has 178 valence electrons. The molecule has 3 amide bonds. The number of para-hydroxylation sites is 1. The zero-order valence-electron chi connectivity index (χ0n) is 20.0. The summed E-state index contributed by atoms with van der Waals surface area (Å²) in [5.74, 6) is -0.385. The van der Waals surface area contributed by atoms with E-state index >= 15 is 0 Å². The smallest absolute Gasteiger partial charge is 0.256 e. The van der Waals surface area contributed by atoms with Crippen LogP contribution in [0.25, 0.3) is 0 Å². The highest BCUT2D eigenvalue weighted by molar-refractivity contribution is 6.11. The van der Waals surface area contributed by atoms with E-state index in [1.165, 1.54) is 5.56 Å². The maximum Gasteiger partial charge on any atom is 0.256 e. The molecule has 0 spiro atoms. The first-order chi connectivity index (χ1) is 16.9. The fourth-order valence-electron chi connectivity index (χ4n) is 5.04. The van der Waals surface area contributed by atoms with Gasteiger partial charge in [-0.3, -0.25) is 14.4 Å². The van der Waals surface area contributed by atoms with Crippen molar-refractivity contribution >= 4 is 23.4 Å².